The monoisotopic (exact) mass is 152 g/mol. The molecule has 3 heteroatoms. The third-order valence-corrected chi connectivity index (χ3v) is 2.00. The second kappa shape index (κ2) is 2.34. The summed E-state index contributed by atoms with van der Waals surface area (Å²) in [6, 6.07) is 0. The molecule has 0 atom stereocenters. The molecule has 2 rings (SSSR count). The van der Waals surface area contributed by atoms with E-state index in [9.17, 15) is 0 Å². The van der Waals surface area contributed by atoms with Crippen LogP contribution in [0.15, 0.2) is 4.42 Å². The van der Waals surface area contributed by atoms with Crippen LogP contribution in [0.3, 0.4) is 0 Å². The Balaban J connectivity index is 2.30. The van der Waals surface area contributed by atoms with Gasteiger partial charge in [-0.25, -0.2) is 4.98 Å². The Morgan fingerprint density at radius 1 is 1.64 bits per heavy atom. The lowest BCUT2D eigenvalue weighted by molar-refractivity contribution is 0.457. The molecule has 1 aliphatic rings. The molecule has 0 aliphatic heterocycles. The van der Waals surface area contributed by atoms with Crippen molar-refractivity contribution in [2.24, 2.45) is 5.73 Å². The minimum Gasteiger partial charge on any atom is -0.444 e. The lowest BCUT2D eigenvalue weighted by Gasteiger charge is -1.88. The fraction of sp³-hybridized carbons (Fsp3) is 0.625. The van der Waals surface area contributed by atoms with Gasteiger partial charge in [0, 0.05) is 5.92 Å². The molecule has 1 fully saturated rings. The van der Waals surface area contributed by atoms with E-state index in [1.54, 1.807) is 0 Å². The maximum absolute atomic E-state index is 5.45. The van der Waals surface area contributed by atoms with Crippen LogP contribution in [0, 0.1) is 6.92 Å². The first-order valence-corrected chi connectivity index (χ1v) is 3.97. The van der Waals surface area contributed by atoms with Gasteiger partial charge in [0.2, 0.25) is 5.89 Å². The van der Waals surface area contributed by atoms with E-state index >= 15 is 0 Å². The van der Waals surface area contributed by atoms with E-state index < -0.39 is 0 Å². The van der Waals surface area contributed by atoms with Crippen molar-refractivity contribution < 1.29 is 4.42 Å². The molecule has 2 N–H and O–H groups in total. The molecule has 1 aliphatic carbocycles. The second-order valence-electron chi connectivity index (χ2n) is 3.04. The van der Waals surface area contributed by atoms with Gasteiger partial charge in [0.25, 0.3) is 0 Å². The summed E-state index contributed by atoms with van der Waals surface area (Å²) < 4.78 is 5.45. The summed E-state index contributed by atoms with van der Waals surface area (Å²) in [6.45, 7) is 2.39. The van der Waals surface area contributed by atoms with Crippen LogP contribution in [0.1, 0.15) is 36.1 Å². The van der Waals surface area contributed by atoms with Gasteiger partial charge < -0.3 is 10.2 Å². The van der Waals surface area contributed by atoms with Gasteiger partial charge in [0.15, 0.2) is 0 Å². The Morgan fingerprint density at radius 2 is 2.36 bits per heavy atom. The van der Waals surface area contributed by atoms with Crippen molar-refractivity contribution in [3.05, 3.63) is 17.3 Å². The van der Waals surface area contributed by atoms with Gasteiger partial charge in [0.1, 0.15) is 5.76 Å². The number of aryl methyl sites for hydroxylation is 1. The zero-order chi connectivity index (χ0) is 7.84. The first-order chi connectivity index (χ1) is 5.31. The van der Waals surface area contributed by atoms with E-state index in [-0.39, 0.29) is 0 Å². The average Bonchev–Trinajstić information content (AvgIpc) is 2.76. The summed E-state index contributed by atoms with van der Waals surface area (Å²) in [5, 5.41) is 0. The highest BCUT2D eigenvalue weighted by Gasteiger charge is 2.29. The minimum absolute atomic E-state index is 0.410. The van der Waals surface area contributed by atoms with Gasteiger partial charge in [0.05, 0.1) is 12.2 Å². The molecule has 1 aromatic heterocycles. The smallest absolute Gasteiger partial charge is 0.208 e. The van der Waals surface area contributed by atoms with Gasteiger partial charge in [-0.2, -0.15) is 0 Å². The van der Waals surface area contributed by atoms with Crippen molar-refractivity contribution in [2.45, 2.75) is 32.2 Å². The Morgan fingerprint density at radius 3 is 2.82 bits per heavy atom. The normalized spacial score (nSPS) is 17.3. The fourth-order valence-corrected chi connectivity index (χ4v) is 1.28. The topological polar surface area (TPSA) is 52.0 Å². The van der Waals surface area contributed by atoms with E-state index in [1.165, 1.54) is 12.8 Å². The molecule has 60 valence electrons. The summed E-state index contributed by atoms with van der Waals surface area (Å²) in [5.74, 6) is 2.37. The van der Waals surface area contributed by atoms with Crippen LogP contribution in [0.25, 0.3) is 0 Å². The molecule has 0 unspecified atom stereocenters. The average molecular weight is 152 g/mol. The number of oxazole rings is 1. The minimum atomic E-state index is 0.410. The van der Waals surface area contributed by atoms with Crippen molar-refractivity contribution >= 4 is 0 Å². The number of nitrogens with zero attached hydrogens (tertiary/aromatic N) is 1. The van der Waals surface area contributed by atoms with Gasteiger partial charge in [-0.05, 0) is 19.8 Å². The summed E-state index contributed by atoms with van der Waals surface area (Å²) in [6.07, 6.45) is 2.50. The summed E-state index contributed by atoms with van der Waals surface area (Å²) in [4.78, 5) is 4.20. The molecule has 1 aromatic rings. The fourth-order valence-electron chi connectivity index (χ4n) is 1.28. The first-order valence-electron chi connectivity index (χ1n) is 3.97. The van der Waals surface area contributed by atoms with Crippen molar-refractivity contribution in [2.75, 3.05) is 0 Å². The number of aromatic nitrogens is 1. The molecule has 0 amide bonds. The predicted molar refractivity (Wildman–Crippen MR) is 41.1 cm³/mol. The van der Waals surface area contributed by atoms with E-state index in [4.69, 9.17) is 10.2 Å². The zero-order valence-corrected chi connectivity index (χ0v) is 6.63. The Labute approximate surface area is 65.6 Å². The molecule has 11 heavy (non-hydrogen) atoms. The maximum atomic E-state index is 5.45. The zero-order valence-electron chi connectivity index (χ0n) is 6.63. The van der Waals surface area contributed by atoms with Crippen molar-refractivity contribution in [3.63, 3.8) is 0 Å². The molecule has 0 aromatic carbocycles. The quantitative estimate of drug-likeness (QED) is 0.695. The van der Waals surface area contributed by atoms with E-state index in [0.717, 1.165) is 11.5 Å². The van der Waals surface area contributed by atoms with Crippen molar-refractivity contribution in [3.8, 4) is 0 Å². The third-order valence-electron chi connectivity index (χ3n) is 2.00. The van der Waals surface area contributed by atoms with Gasteiger partial charge in [-0.15, -0.1) is 0 Å². The SMILES string of the molecule is Cc1nc(CN)oc1C1CC1. The largest absolute Gasteiger partial charge is 0.444 e. The van der Waals surface area contributed by atoms with Crippen LogP contribution >= 0.6 is 0 Å². The standard InChI is InChI=1S/C8H12N2O/c1-5-8(6-2-3-6)11-7(4-9)10-5/h6H,2-4,9H2,1H3. The number of rotatable bonds is 2. The van der Waals surface area contributed by atoms with Crippen LogP contribution < -0.4 is 5.73 Å². The van der Waals surface area contributed by atoms with Crippen molar-refractivity contribution in [1.82, 2.24) is 4.98 Å². The first kappa shape index (κ1) is 6.85. The molecule has 0 saturated heterocycles. The Hall–Kier alpha value is -0.830. The molecular formula is C8H12N2O. The van der Waals surface area contributed by atoms with Crippen molar-refractivity contribution in [1.29, 1.82) is 0 Å². The lowest BCUT2D eigenvalue weighted by atomic mass is 10.3. The summed E-state index contributed by atoms with van der Waals surface area (Å²) in [7, 11) is 0. The number of hydrogen-bond donors (Lipinski definition) is 1. The highest BCUT2D eigenvalue weighted by molar-refractivity contribution is 5.17. The Kier molecular flexibility index (Phi) is 1.46. The lowest BCUT2D eigenvalue weighted by Crippen LogP contribution is -1.95. The third kappa shape index (κ3) is 1.16. The molecule has 1 heterocycles. The van der Waals surface area contributed by atoms with Crippen LogP contribution in [-0.2, 0) is 6.54 Å². The summed E-state index contributed by atoms with van der Waals surface area (Å²) >= 11 is 0. The van der Waals surface area contributed by atoms with Crippen LogP contribution in [0.4, 0.5) is 0 Å². The van der Waals surface area contributed by atoms with Gasteiger partial charge in [-0.3, -0.25) is 0 Å². The highest BCUT2D eigenvalue weighted by atomic mass is 16.4. The molecule has 0 bridgehead atoms. The molecule has 0 radical (unpaired) electrons. The van der Waals surface area contributed by atoms with E-state index in [2.05, 4.69) is 4.98 Å². The van der Waals surface area contributed by atoms with Crippen LogP contribution in [0.5, 0.6) is 0 Å². The predicted octanol–water partition coefficient (Wildman–Crippen LogP) is 1.32. The second-order valence-corrected chi connectivity index (χ2v) is 3.04. The van der Waals surface area contributed by atoms with Crippen LogP contribution in [0.2, 0.25) is 0 Å². The number of hydrogen-bond acceptors (Lipinski definition) is 3. The molecule has 3 nitrogen and oxygen atoms in total. The molecule has 1 saturated carbocycles. The van der Waals surface area contributed by atoms with E-state index in [1.807, 2.05) is 6.92 Å². The molecule has 0 spiro atoms. The number of nitrogens with two attached hydrogens (primary N) is 1. The van der Waals surface area contributed by atoms with Gasteiger partial charge in [-0.1, -0.05) is 0 Å². The Bertz CT molecular complexity index is 263. The van der Waals surface area contributed by atoms with E-state index in [0.29, 0.717) is 18.4 Å². The highest BCUT2D eigenvalue weighted by Crippen LogP contribution is 2.41. The summed E-state index contributed by atoms with van der Waals surface area (Å²) in [5.41, 5.74) is 6.42. The maximum Gasteiger partial charge on any atom is 0.208 e. The van der Waals surface area contributed by atoms with Crippen LogP contribution in [-0.4, -0.2) is 4.98 Å². The molecular weight excluding hydrogens is 140 g/mol. The van der Waals surface area contributed by atoms with Gasteiger partial charge >= 0.3 is 0 Å².